The molecule has 20 heavy (non-hydrogen) atoms. The molecule has 0 amide bonds. The number of aromatic nitrogens is 4. The van der Waals surface area contributed by atoms with E-state index in [9.17, 15) is 0 Å². The topological polar surface area (TPSA) is 55.1 Å². The first-order valence-electron chi connectivity index (χ1n) is 6.81. The maximum atomic E-state index is 4.37. The molecule has 5 heteroatoms. The number of nitrogens with zero attached hydrogens (tertiary/aromatic N) is 4. The van der Waals surface area contributed by atoms with E-state index in [4.69, 9.17) is 0 Å². The quantitative estimate of drug-likeness (QED) is 0.788. The zero-order valence-corrected chi connectivity index (χ0v) is 11.2. The van der Waals surface area contributed by atoms with Gasteiger partial charge in [-0.15, -0.1) is 10.2 Å². The molecule has 4 rings (SSSR count). The van der Waals surface area contributed by atoms with Gasteiger partial charge >= 0.3 is 0 Å². The van der Waals surface area contributed by atoms with Gasteiger partial charge in [-0.05, 0) is 24.5 Å². The third-order valence-corrected chi connectivity index (χ3v) is 3.97. The summed E-state index contributed by atoms with van der Waals surface area (Å²) in [7, 11) is 0. The van der Waals surface area contributed by atoms with E-state index in [-0.39, 0.29) is 0 Å². The molecule has 2 heterocycles. The summed E-state index contributed by atoms with van der Waals surface area (Å²) >= 11 is 0. The van der Waals surface area contributed by atoms with Crippen molar-refractivity contribution in [2.45, 2.75) is 19.3 Å². The van der Waals surface area contributed by atoms with Gasteiger partial charge in [0, 0.05) is 24.9 Å². The molecule has 1 unspecified atom stereocenters. The Labute approximate surface area is 116 Å². The van der Waals surface area contributed by atoms with Gasteiger partial charge in [-0.2, -0.15) is 0 Å². The van der Waals surface area contributed by atoms with Crippen LogP contribution in [-0.2, 0) is 6.42 Å². The van der Waals surface area contributed by atoms with Gasteiger partial charge in [0.15, 0.2) is 5.82 Å². The highest BCUT2D eigenvalue weighted by molar-refractivity contribution is 5.62. The zero-order chi connectivity index (χ0) is 13.5. The van der Waals surface area contributed by atoms with E-state index >= 15 is 0 Å². The van der Waals surface area contributed by atoms with Gasteiger partial charge < -0.3 is 5.32 Å². The van der Waals surface area contributed by atoms with Crippen LogP contribution in [0.3, 0.4) is 0 Å². The zero-order valence-electron chi connectivity index (χ0n) is 11.2. The van der Waals surface area contributed by atoms with Gasteiger partial charge in [0.1, 0.15) is 5.82 Å². The summed E-state index contributed by atoms with van der Waals surface area (Å²) in [5.41, 5.74) is 3.70. The van der Waals surface area contributed by atoms with Crippen molar-refractivity contribution < 1.29 is 0 Å². The van der Waals surface area contributed by atoms with E-state index in [1.54, 1.807) is 6.20 Å². The number of hydrogen-bond donors (Lipinski definition) is 1. The molecule has 0 bridgehead atoms. The molecule has 3 aromatic rings. The highest BCUT2D eigenvalue weighted by atomic mass is 15.3. The van der Waals surface area contributed by atoms with E-state index in [0.29, 0.717) is 5.92 Å². The number of rotatable bonds is 3. The van der Waals surface area contributed by atoms with Crippen LogP contribution in [0.15, 0.2) is 36.7 Å². The van der Waals surface area contributed by atoms with Crippen molar-refractivity contribution in [3.05, 3.63) is 53.6 Å². The van der Waals surface area contributed by atoms with Gasteiger partial charge in [0.25, 0.3) is 0 Å². The molecule has 0 saturated carbocycles. The minimum atomic E-state index is 0.567. The molecule has 0 aliphatic heterocycles. The molecule has 0 fully saturated rings. The molecule has 1 aromatic carbocycles. The number of fused-ring (bicyclic) bond motifs is 2. The van der Waals surface area contributed by atoms with Crippen molar-refractivity contribution in [3.63, 3.8) is 0 Å². The average molecular weight is 265 g/mol. The summed E-state index contributed by atoms with van der Waals surface area (Å²) in [4.78, 5) is 4.37. The lowest BCUT2D eigenvalue weighted by Crippen LogP contribution is -2.24. The lowest BCUT2D eigenvalue weighted by atomic mass is 9.78. The van der Waals surface area contributed by atoms with Crippen LogP contribution >= 0.6 is 0 Å². The van der Waals surface area contributed by atoms with Crippen molar-refractivity contribution >= 4 is 11.5 Å². The van der Waals surface area contributed by atoms with E-state index in [2.05, 4.69) is 44.8 Å². The Bertz CT molecular complexity index is 777. The van der Waals surface area contributed by atoms with Gasteiger partial charge in [-0.25, -0.2) is 4.98 Å². The molecular weight excluding hydrogens is 250 g/mol. The molecule has 0 spiro atoms. The third-order valence-electron chi connectivity index (χ3n) is 3.97. The first kappa shape index (κ1) is 11.4. The molecule has 1 N–H and O–H groups in total. The first-order chi connectivity index (χ1) is 9.83. The Morgan fingerprint density at radius 2 is 2.20 bits per heavy atom. The second-order valence-electron chi connectivity index (χ2n) is 5.20. The number of hydrogen-bond acceptors (Lipinski definition) is 4. The summed E-state index contributed by atoms with van der Waals surface area (Å²) in [6.07, 6.45) is 4.80. The van der Waals surface area contributed by atoms with Gasteiger partial charge in [-0.3, -0.25) is 4.40 Å². The van der Waals surface area contributed by atoms with Crippen LogP contribution in [0.1, 0.15) is 22.9 Å². The fraction of sp³-hybridized carbons (Fsp3) is 0.267. The smallest absolute Gasteiger partial charge is 0.203 e. The van der Waals surface area contributed by atoms with Crippen LogP contribution in [-0.4, -0.2) is 26.1 Å². The molecule has 2 aromatic heterocycles. The van der Waals surface area contributed by atoms with Gasteiger partial charge in [0.2, 0.25) is 5.65 Å². The molecule has 1 atom stereocenters. The van der Waals surface area contributed by atoms with E-state index in [0.717, 1.165) is 30.3 Å². The van der Waals surface area contributed by atoms with Crippen LogP contribution < -0.4 is 5.32 Å². The second-order valence-corrected chi connectivity index (χ2v) is 5.20. The Morgan fingerprint density at radius 1 is 1.30 bits per heavy atom. The molecule has 5 nitrogen and oxygen atoms in total. The lowest BCUT2D eigenvalue weighted by molar-refractivity contribution is 0.634. The van der Waals surface area contributed by atoms with Crippen LogP contribution in [0.4, 0.5) is 5.82 Å². The molecule has 1 aliphatic rings. The molecule has 1 aliphatic carbocycles. The summed E-state index contributed by atoms with van der Waals surface area (Å²) < 4.78 is 1.95. The summed E-state index contributed by atoms with van der Waals surface area (Å²) in [6, 6.07) is 8.61. The Kier molecular flexibility index (Phi) is 2.45. The fourth-order valence-corrected chi connectivity index (χ4v) is 2.83. The largest absolute Gasteiger partial charge is 0.366 e. The maximum absolute atomic E-state index is 4.37. The van der Waals surface area contributed by atoms with Crippen LogP contribution in [0, 0.1) is 6.92 Å². The van der Waals surface area contributed by atoms with Gasteiger partial charge in [0.05, 0.1) is 0 Å². The van der Waals surface area contributed by atoms with E-state index in [1.165, 1.54) is 11.1 Å². The van der Waals surface area contributed by atoms with Crippen molar-refractivity contribution in [2.75, 3.05) is 11.9 Å². The third kappa shape index (κ3) is 1.66. The lowest BCUT2D eigenvalue weighted by Gasteiger charge is -2.30. The summed E-state index contributed by atoms with van der Waals surface area (Å²) in [5.74, 6) is 2.24. The molecule has 0 radical (unpaired) electrons. The van der Waals surface area contributed by atoms with E-state index in [1.807, 2.05) is 17.5 Å². The van der Waals surface area contributed by atoms with Crippen molar-refractivity contribution in [3.8, 4) is 0 Å². The number of benzene rings is 1. The number of nitrogens with one attached hydrogen (secondary N) is 1. The highest BCUT2D eigenvalue weighted by Gasteiger charge is 2.25. The predicted molar refractivity (Wildman–Crippen MR) is 76.9 cm³/mol. The van der Waals surface area contributed by atoms with E-state index < -0.39 is 0 Å². The Balaban J connectivity index is 1.55. The van der Waals surface area contributed by atoms with Crippen molar-refractivity contribution in [2.24, 2.45) is 0 Å². The molecule has 0 saturated heterocycles. The number of aryl methyl sites for hydroxylation is 1. The first-order valence-corrected chi connectivity index (χ1v) is 6.81. The van der Waals surface area contributed by atoms with Gasteiger partial charge in [-0.1, -0.05) is 24.3 Å². The molecular formula is C15H15N5. The minimum Gasteiger partial charge on any atom is -0.366 e. The summed E-state index contributed by atoms with van der Waals surface area (Å²) in [5, 5.41) is 11.7. The van der Waals surface area contributed by atoms with Crippen molar-refractivity contribution in [1.29, 1.82) is 0 Å². The fourth-order valence-electron chi connectivity index (χ4n) is 2.83. The normalized spacial score (nSPS) is 16.8. The number of anilines is 1. The minimum absolute atomic E-state index is 0.567. The maximum Gasteiger partial charge on any atom is 0.203 e. The van der Waals surface area contributed by atoms with Crippen LogP contribution in [0.5, 0.6) is 0 Å². The molecule has 100 valence electrons. The monoisotopic (exact) mass is 265 g/mol. The Hall–Kier alpha value is -2.43. The standard InChI is InChI=1S/C15H15N5/c1-10-18-19-15-14(16-6-7-20(10)15)17-9-12-8-11-4-2-3-5-13(11)12/h2-7,12H,8-9H2,1H3,(H,16,17). The Morgan fingerprint density at radius 3 is 3.10 bits per heavy atom. The second kappa shape index (κ2) is 4.30. The SMILES string of the molecule is Cc1nnc2c(NCC3Cc4ccccc43)nccn12. The van der Waals surface area contributed by atoms with Crippen LogP contribution in [0.25, 0.3) is 5.65 Å². The van der Waals surface area contributed by atoms with Crippen molar-refractivity contribution in [1.82, 2.24) is 19.6 Å². The highest BCUT2D eigenvalue weighted by Crippen LogP contribution is 2.34. The average Bonchev–Trinajstić information content (AvgIpc) is 2.83. The predicted octanol–water partition coefficient (Wildman–Crippen LogP) is 2.18. The summed E-state index contributed by atoms with van der Waals surface area (Å²) in [6.45, 7) is 2.82. The van der Waals surface area contributed by atoms with Crippen LogP contribution in [0.2, 0.25) is 0 Å².